The molecule has 0 amide bonds. The van der Waals surface area contributed by atoms with E-state index in [2.05, 4.69) is 22.0 Å². The van der Waals surface area contributed by atoms with E-state index in [0.29, 0.717) is 6.42 Å². The highest BCUT2D eigenvalue weighted by Crippen LogP contribution is 2.15. The number of hydrogen-bond acceptors (Lipinski definition) is 1. The number of carboxylic acid groups (broad SMARTS) is 1. The fraction of sp³-hybridized carbons (Fsp3) is 0.364. The maximum atomic E-state index is 10.6. The topological polar surface area (TPSA) is 37.3 Å². The third-order valence-electron chi connectivity index (χ3n) is 2.17. The lowest BCUT2D eigenvalue weighted by atomic mass is 10.0. The third kappa shape index (κ3) is 2.84. The van der Waals surface area contributed by atoms with Crippen molar-refractivity contribution in [2.45, 2.75) is 25.1 Å². The molecule has 0 heterocycles. The number of carboxylic acids is 1. The lowest BCUT2D eigenvalue weighted by Crippen LogP contribution is -2.15. The van der Waals surface area contributed by atoms with E-state index >= 15 is 0 Å². The maximum absolute atomic E-state index is 10.6. The first kappa shape index (κ1) is 11.2. The first-order chi connectivity index (χ1) is 6.50. The molecule has 2 nitrogen and oxygen atoms in total. The molecule has 0 fully saturated rings. The minimum Gasteiger partial charge on any atom is -0.480 e. The van der Waals surface area contributed by atoms with Crippen LogP contribution in [0.1, 0.15) is 16.7 Å². The molecule has 0 saturated heterocycles. The van der Waals surface area contributed by atoms with Crippen molar-refractivity contribution >= 4 is 21.9 Å². The van der Waals surface area contributed by atoms with Gasteiger partial charge in [0.05, 0.1) is 0 Å². The highest BCUT2D eigenvalue weighted by atomic mass is 79.9. The molecule has 0 aliphatic rings. The summed E-state index contributed by atoms with van der Waals surface area (Å²) in [5.41, 5.74) is 3.43. The van der Waals surface area contributed by atoms with Gasteiger partial charge in [0, 0.05) is 0 Å². The molecule has 1 aromatic rings. The van der Waals surface area contributed by atoms with E-state index in [9.17, 15) is 4.79 Å². The van der Waals surface area contributed by atoms with Crippen LogP contribution in [0.25, 0.3) is 0 Å². The fourth-order valence-corrected chi connectivity index (χ4v) is 1.70. The van der Waals surface area contributed by atoms with Gasteiger partial charge in [0.2, 0.25) is 0 Å². The molecule has 0 aromatic heterocycles. The lowest BCUT2D eigenvalue weighted by molar-refractivity contribution is -0.136. The molecule has 1 N–H and O–H groups in total. The molecule has 1 atom stereocenters. The Morgan fingerprint density at radius 1 is 1.50 bits per heavy atom. The number of alkyl halides is 1. The van der Waals surface area contributed by atoms with Crippen molar-refractivity contribution in [3.05, 3.63) is 34.9 Å². The van der Waals surface area contributed by atoms with Crippen LogP contribution in [-0.4, -0.2) is 15.9 Å². The summed E-state index contributed by atoms with van der Waals surface area (Å²) in [4.78, 5) is 10.1. The minimum absolute atomic E-state index is 0.496. The van der Waals surface area contributed by atoms with Crippen LogP contribution in [0.15, 0.2) is 18.2 Å². The Labute approximate surface area is 92.1 Å². The van der Waals surface area contributed by atoms with E-state index in [1.807, 2.05) is 26.0 Å². The first-order valence-corrected chi connectivity index (χ1v) is 5.35. The Morgan fingerprint density at radius 3 is 2.64 bits per heavy atom. The standard InChI is InChI=1S/C11H13BrO2/c1-7-3-4-9(8(2)5-7)6-10(12)11(13)14/h3-5,10H,6H2,1-2H3,(H,13,14)/t10-/m0/s1. The molecule has 76 valence electrons. The molecule has 1 rings (SSSR count). The van der Waals surface area contributed by atoms with Crippen LogP contribution >= 0.6 is 15.9 Å². The van der Waals surface area contributed by atoms with Crippen molar-refractivity contribution < 1.29 is 9.90 Å². The predicted molar refractivity (Wildman–Crippen MR) is 60.0 cm³/mol. The van der Waals surface area contributed by atoms with Crippen LogP contribution in [-0.2, 0) is 11.2 Å². The zero-order valence-corrected chi connectivity index (χ0v) is 9.84. The average molecular weight is 257 g/mol. The molecule has 0 bridgehead atoms. The highest BCUT2D eigenvalue weighted by Gasteiger charge is 2.14. The molecule has 0 spiro atoms. The molecule has 14 heavy (non-hydrogen) atoms. The zero-order chi connectivity index (χ0) is 10.7. The first-order valence-electron chi connectivity index (χ1n) is 4.43. The highest BCUT2D eigenvalue weighted by molar-refractivity contribution is 9.10. The van der Waals surface area contributed by atoms with Crippen molar-refractivity contribution in [1.82, 2.24) is 0 Å². The zero-order valence-electron chi connectivity index (χ0n) is 8.25. The molecule has 0 saturated carbocycles. The van der Waals surface area contributed by atoms with Gasteiger partial charge in [-0.15, -0.1) is 0 Å². The van der Waals surface area contributed by atoms with Gasteiger partial charge in [0.1, 0.15) is 4.83 Å². The van der Waals surface area contributed by atoms with E-state index in [1.54, 1.807) is 0 Å². The number of rotatable bonds is 3. The Hall–Kier alpha value is -0.830. The predicted octanol–water partition coefficient (Wildman–Crippen LogP) is 2.69. The molecule has 0 unspecified atom stereocenters. The van der Waals surface area contributed by atoms with E-state index < -0.39 is 10.8 Å². The van der Waals surface area contributed by atoms with Crippen molar-refractivity contribution in [3.63, 3.8) is 0 Å². The fourth-order valence-electron chi connectivity index (χ4n) is 1.36. The Bertz CT molecular complexity index is 347. The van der Waals surface area contributed by atoms with Gasteiger partial charge >= 0.3 is 5.97 Å². The number of aryl methyl sites for hydroxylation is 2. The Balaban J connectivity index is 2.82. The number of carbonyl (C=O) groups is 1. The molecule has 1 aromatic carbocycles. The van der Waals surface area contributed by atoms with Gasteiger partial charge in [-0.3, -0.25) is 4.79 Å². The van der Waals surface area contributed by atoms with Crippen LogP contribution in [0.2, 0.25) is 0 Å². The normalized spacial score (nSPS) is 12.5. The van der Waals surface area contributed by atoms with E-state index in [1.165, 1.54) is 5.56 Å². The molecule has 0 aliphatic carbocycles. The van der Waals surface area contributed by atoms with Gasteiger partial charge in [-0.05, 0) is 31.4 Å². The number of aliphatic carboxylic acids is 1. The van der Waals surface area contributed by atoms with Crippen LogP contribution in [0.4, 0.5) is 0 Å². The molecule has 0 aliphatic heterocycles. The monoisotopic (exact) mass is 256 g/mol. The minimum atomic E-state index is -0.815. The number of benzene rings is 1. The third-order valence-corrected chi connectivity index (χ3v) is 2.88. The van der Waals surface area contributed by atoms with Gasteiger partial charge in [-0.25, -0.2) is 0 Å². The molecular formula is C11H13BrO2. The van der Waals surface area contributed by atoms with Gasteiger partial charge in [0.15, 0.2) is 0 Å². The van der Waals surface area contributed by atoms with Gasteiger partial charge in [-0.1, -0.05) is 39.7 Å². The summed E-state index contributed by atoms with van der Waals surface area (Å²) in [6.45, 7) is 4.03. The molecule has 3 heteroatoms. The van der Waals surface area contributed by atoms with E-state index in [0.717, 1.165) is 11.1 Å². The second kappa shape index (κ2) is 4.60. The second-order valence-corrected chi connectivity index (χ2v) is 4.55. The van der Waals surface area contributed by atoms with Gasteiger partial charge < -0.3 is 5.11 Å². The Morgan fingerprint density at radius 2 is 2.14 bits per heavy atom. The maximum Gasteiger partial charge on any atom is 0.317 e. The van der Waals surface area contributed by atoms with Crippen molar-refractivity contribution in [2.75, 3.05) is 0 Å². The quantitative estimate of drug-likeness (QED) is 0.845. The smallest absolute Gasteiger partial charge is 0.317 e. The van der Waals surface area contributed by atoms with Crippen molar-refractivity contribution in [3.8, 4) is 0 Å². The van der Waals surface area contributed by atoms with Crippen LogP contribution in [0, 0.1) is 13.8 Å². The van der Waals surface area contributed by atoms with Crippen LogP contribution < -0.4 is 0 Å². The van der Waals surface area contributed by atoms with E-state index in [-0.39, 0.29) is 0 Å². The summed E-state index contributed by atoms with van der Waals surface area (Å²) in [5, 5.41) is 8.74. The number of halogens is 1. The summed E-state index contributed by atoms with van der Waals surface area (Å²) >= 11 is 3.13. The SMILES string of the molecule is Cc1ccc(C[C@H](Br)C(=O)O)c(C)c1. The number of hydrogen-bond donors (Lipinski definition) is 1. The summed E-state index contributed by atoms with van der Waals surface area (Å²) in [7, 11) is 0. The van der Waals surface area contributed by atoms with Crippen LogP contribution in [0.3, 0.4) is 0 Å². The van der Waals surface area contributed by atoms with Gasteiger partial charge in [-0.2, -0.15) is 0 Å². The Kier molecular flexibility index (Phi) is 3.69. The van der Waals surface area contributed by atoms with Gasteiger partial charge in [0.25, 0.3) is 0 Å². The molecular weight excluding hydrogens is 244 g/mol. The summed E-state index contributed by atoms with van der Waals surface area (Å²) < 4.78 is 0. The lowest BCUT2D eigenvalue weighted by Gasteiger charge is -2.08. The van der Waals surface area contributed by atoms with E-state index in [4.69, 9.17) is 5.11 Å². The second-order valence-electron chi connectivity index (χ2n) is 3.44. The summed E-state index contributed by atoms with van der Waals surface area (Å²) in [5.74, 6) is -0.815. The van der Waals surface area contributed by atoms with Crippen molar-refractivity contribution in [2.24, 2.45) is 0 Å². The summed E-state index contributed by atoms with van der Waals surface area (Å²) in [6.07, 6.45) is 0.529. The van der Waals surface area contributed by atoms with Crippen molar-refractivity contribution in [1.29, 1.82) is 0 Å². The average Bonchev–Trinajstić information content (AvgIpc) is 2.09. The summed E-state index contributed by atoms with van der Waals surface area (Å²) in [6, 6.07) is 6.06. The largest absolute Gasteiger partial charge is 0.480 e. The van der Waals surface area contributed by atoms with Crippen LogP contribution in [0.5, 0.6) is 0 Å². The molecule has 0 radical (unpaired) electrons.